The van der Waals surface area contributed by atoms with Gasteiger partial charge in [0.15, 0.2) is 0 Å². The normalized spacial score (nSPS) is 12.1. The van der Waals surface area contributed by atoms with Crippen molar-refractivity contribution in [3.05, 3.63) is 33.8 Å². The summed E-state index contributed by atoms with van der Waals surface area (Å²) in [4.78, 5) is 25.8. The number of rotatable bonds is 9. The smallest absolute Gasteiger partial charge is 0.305 e. The summed E-state index contributed by atoms with van der Waals surface area (Å²) < 4.78 is 4.58. The first-order valence-electron chi connectivity index (χ1n) is 7.97. The molecule has 0 aromatic heterocycles. The molecule has 0 heterocycles. The van der Waals surface area contributed by atoms with Crippen LogP contribution in [0.25, 0.3) is 0 Å². The Kier molecular flexibility index (Phi) is 9.11. The molecule has 1 amide bonds. The van der Waals surface area contributed by atoms with Gasteiger partial charge in [-0.05, 0) is 43.3 Å². The number of halogens is 2. The lowest BCUT2D eigenvalue weighted by atomic mass is 10.0. The summed E-state index contributed by atoms with van der Waals surface area (Å²) in [5.41, 5.74) is 0.752. The van der Waals surface area contributed by atoms with Crippen molar-refractivity contribution in [3.63, 3.8) is 0 Å². The van der Waals surface area contributed by atoms with Gasteiger partial charge < -0.3 is 10.1 Å². The summed E-state index contributed by atoms with van der Waals surface area (Å²) in [6.45, 7) is 5.81. The topological polar surface area (TPSA) is 58.6 Å². The van der Waals surface area contributed by atoms with Crippen LogP contribution in [0.15, 0.2) is 18.2 Å². The highest BCUT2D eigenvalue weighted by atomic mass is 35.5. The number of ether oxygens (including phenoxy) is 1. The van der Waals surface area contributed by atoms with Crippen molar-refractivity contribution in [1.29, 1.82) is 0 Å². The van der Waals surface area contributed by atoms with Crippen molar-refractivity contribution >= 4 is 35.1 Å². The molecule has 5 nitrogen and oxygen atoms in total. The van der Waals surface area contributed by atoms with E-state index in [9.17, 15) is 9.59 Å². The second-order valence-corrected chi connectivity index (χ2v) is 6.17. The van der Waals surface area contributed by atoms with Gasteiger partial charge in [0.1, 0.15) is 6.04 Å². The predicted octanol–water partition coefficient (Wildman–Crippen LogP) is 3.45. The molecule has 1 atom stereocenters. The Morgan fingerprint density at radius 3 is 2.25 bits per heavy atom. The zero-order chi connectivity index (χ0) is 18.1. The van der Waals surface area contributed by atoms with Gasteiger partial charge in [-0.25, -0.2) is 0 Å². The summed E-state index contributed by atoms with van der Waals surface area (Å²) in [7, 11) is 1.35. The van der Waals surface area contributed by atoms with Crippen LogP contribution in [0, 0.1) is 0 Å². The van der Waals surface area contributed by atoms with E-state index in [2.05, 4.69) is 10.1 Å². The molecule has 0 radical (unpaired) electrons. The number of methoxy groups -OCH3 is 1. The Labute approximate surface area is 153 Å². The number of esters is 1. The predicted molar refractivity (Wildman–Crippen MR) is 96.4 cm³/mol. The molecule has 1 N–H and O–H groups in total. The number of likely N-dealkylation sites (N-methyl/N-ethyl adjacent to an activating group) is 1. The van der Waals surface area contributed by atoms with Gasteiger partial charge in [0.25, 0.3) is 0 Å². The van der Waals surface area contributed by atoms with Crippen LogP contribution >= 0.6 is 23.2 Å². The fraction of sp³-hybridized carbons (Fsp3) is 0.529. The molecule has 0 aliphatic heterocycles. The number of nitrogens with zero attached hydrogens (tertiary/aromatic N) is 1. The van der Waals surface area contributed by atoms with Crippen LogP contribution in [0.4, 0.5) is 0 Å². The molecule has 24 heavy (non-hydrogen) atoms. The lowest BCUT2D eigenvalue weighted by Crippen LogP contribution is -2.41. The van der Waals surface area contributed by atoms with Crippen molar-refractivity contribution in [2.45, 2.75) is 32.7 Å². The molecule has 0 saturated carbocycles. The first-order valence-corrected chi connectivity index (χ1v) is 8.73. The van der Waals surface area contributed by atoms with Crippen LogP contribution < -0.4 is 5.32 Å². The molecule has 0 bridgehead atoms. The highest BCUT2D eigenvalue weighted by molar-refractivity contribution is 6.34. The zero-order valence-corrected chi connectivity index (χ0v) is 15.8. The molecule has 0 fully saturated rings. The maximum atomic E-state index is 12.7. The molecule has 0 spiro atoms. The molecule has 1 aromatic carbocycles. The van der Waals surface area contributed by atoms with E-state index in [1.54, 1.807) is 18.2 Å². The Hall–Kier alpha value is -1.30. The number of nitrogens with one attached hydrogen (secondary N) is 1. The summed E-state index contributed by atoms with van der Waals surface area (Å²) >= 11 is 12.2. The third kappa shape index (κ3) is 6.30. The minimum absolute atomic E-state index is 0.137. The van der Waals surface area contributed by atoms with E-state index < -0.39 is 6.04 Å². The Balaban J connectivity index is 2.85. The van der Waals surface area contributed by atoms with Crippen molar-refractivity contribution in [3.8, 4) is 0 Å². The van der Waals surface area contributed by atoms with Crippen LogP contribution in [-0.4, -0.2) is 43.5 Å². The third-order valence-electron chi connectivity index (χ3n) is 3.71. The number of hydrogen-bond donors (Lipinski definition) is 1. The number of carbonyl (C=O) groups is 2. The zero-order valence-electron chi connectivity index (χ0n) is 14.3. The van der Waals surface area contributed by atoms with Crippen LogP contribution in [0.3, 0.4) is 0 Å². The summed E-state index contributed by atoms with van der Waals surface area (Å²) in [6, 6.07) is 4.67. The van der Waals surface area contributed by atoms with Gasteiger partial charge in [0.2, 0.25) is 5.91 Å². The van der Waals surface area contributed by atoms with Gasteiger partial charge in [-0.15, -0.1) is 0 Å². The molecular weight excluding hydrogens is 351 g/mol. The maximum absolute atomic E-state index is 12.7. The van der Waals surface area contributed by atoms with E-state index in [-0.39, 0.29) is 18.3 Å². The first-order chi connectivity index (χ1) is 11.4. The Morgan fingerprint density at radius 1 is 1.17 bits per heavy atom. The second kappa shape index (κ2) is 10.5. The van der Waals surface area contributed by atoms with E-state index >= 15 is 0 Å². The molecule has 0 saturated heterocycles. The SMILES string of the molecule is CCN(CC)[C@H](C(=O)NCCCC(=O)OC)c1cc(Cl)cc(Cl)c1. The van der Waals surface area contributed by atoms with Crippen molar-refractivity contribution in [2.75, 3.05) is 26.7 Å². The third-order valence-corrected chi connectivity index (χ3v) is 4.15. The van der Waals surface area contributed by atoms with E-state index in [1.807, 2.05) is 18.7 Å². The van der Waals surface area contributed by atoms with Crippen molar-refractivity contribution in [2.24, 2.45) is 0 Å². The van der Waals surface area contributed by atoms with Crippen LogP contribution in [0.2, 0.25) is 10.0 Å². The monoisotopic (exact) mass is 374 g/mol. The first kappa shape index (κ1) is 20.7. The van der Waals surface area contributed by atoms with Gasteiger partial charge in [-0.3, -0.25) is 14.5 Å². The van der Waals surface area contributed by atoms with Gasteiger partial charge in [0, 0.05) is 23.0 Å². The van der Waals surface area contributed by atoms with E-state index in [1.165, 1.54) is 7.11 Å². The lowest BCUT2D eigenvalue weighted by Gasteiger charge is -2.29. The molecule has 7 heteroatoms. The summed E-state index contributed by atoms with van der Waals surface area (Å²) in [5.74, 6) is -0.423. The number of carbonyl (C=O) groups excluding carboxylic acids is 2. The fourth-order valence-corrected chi connectivity index (χ4v) is 3.04. The molecule has 0 aliphatic carbocycles. The van der Waals surface area contributed by atoms with Gasteiger partial charge in [-0.1, -0.05) is 37.0 Å². The minimum Gasteiger partial charge on any atom is -0.469 e. The van der Waals surface area contributed by atoms with Crippen LogP contribution in [-0.2, 0) is 14.3 Å². The van der Waals surface area contributed by atoms with Gasteiger partial charge in [-0.2, -0.15) is 0 Å². The lowest BCUT2D eigenvalue weighted by molar-refractivity contribution is -0.140. The van der Waals surface area contributed by atoms with E-state index in [0.29, 0.717) is 36.1 Å². The number of amides is 1. The minimum atomic E-state index is -0.477. The van der Waals surface area contributed by atoms with Crippen molar-refractivity contribution in [1.82, 2.24) is 10.2 Å². The van der Waals surface area contributed by atoms with Crippen LogP contribution in [0.1, 0.15) is 38.3 Å². The fourth-order valence-electron chi connectivity index (χ4n) is 2.49. The van der Waals surface area contributed by atoms with Crippen molar-refractivity contribution < 1.29 is 14.3 Å². The Morgan fingerprint density at radius 2 is 1.75 bits per heavy atom. The molecule has 1 rings (SSSR count). The van der Waals surface area contributed by atoms with E-state index in [4.69, 9.17) is 23.2 Å². The molecular formula is C17H24Cl2N2O3. The highest BCUT2D eigenvalue weighted by Gasteiger charge is 2.26. The quantitative estimate of drug-likeness (QED) is 0.531. The number of hydrogen-bond acceptors (Lipinski definition) is 4. The second-order valence-electron chi connectivity index (χ2n) is 5.30. The summed E-state index contributed by atoms with van der Waals surface area (Å²) in [5, 5.41) is 3.86. The molecule has 0 aliphatic rings. The van der Waals surface area contributed by atoms with Gasteiger partial charge in [0.05, 0.1) is 7.11 Å². The Bertz CT molecular complexity index is 543. The molecule has 134 valence electrons. The number of benzene rings is 1. The maximum Gasteiger partial charge on any atom is 0.305 e. The van der Waals surface area contributed by atoms with Gasteiger partial charge >= 0.3 is 5.97 Å². The molecule has 0 unspecified atom stereocenters. The average molecular weight is 375 g/mol. The molecule has 1 aromatic rings. The van der Waals surface area contributed by atoms with Crippen LogP contribution in [0.5, 0.6) is 0 Å². The largest absolute Gasteiger partial charge is 0.469 e. The highest BCUT2D eigenvalue weighted by Crippen LogP contribution is 2.27. The average Bonchev–Trinajstić information content (AvgIpc) is 2.54. The standard InChI is InChI=1S/C17H24Cl2N2O3/c1-4-21(5-2)16(12-9-13(18)11-14(19)10-12)17(23)20-8-6-7-15(22)24-3/h9-11,16H,4-8H2,1-3H3,(H,20,23)/t16-/m0/s1. The summed E-state index contributed by atoms with van der Waals surface area (Å²) in [6.07, 6.45) is 0.801. The van der Waals surface area contributed by atoms with E-state index in [0.717, 1.165) is 5.56 Å².